The fourth-order valence-corrected chi connectivity index (χ4v) is 2.13. The third-order valence-electron chi connectivity index (χ3n) is 2.99. The first-order chi connectivity index (χ1) is 8.79. The number of rotatable bonds is 2. The average Bonchev–Trinajstić information content (AvgIpc) is 2.77. The van der Waals surface area contributed by atoms with Crippen molar-refractivity contribution in [1.29, 1.82) is 0 Å². The molecule has 18 heavy (non-hydrogen) atoms. The summed E-state index contributed by atoms with van der Waals surface area (Å²) in [6, 6.07) is 10.5. The van der Waals surface area contributed by atoms with Crippen LogP contribution in [0.1, 0.15) is 0 Å². The third-order valence-corrected chi connectivity index (χ3v) is 2.99. The number of ether oxygens (including phenoxy) is 1. The summed E-state index contributed by atoms with van der Waals surface area (Å²) in [5.41, 5.74) is 3.15. The highest BCUT2D eigenvalue weighted by Crippen LogP contribution is 2.29. The zero-order valence-electron chi connectivity index (χ0n) is 10.3. The lowest BCUT2D eigenvalue weighted by Crippen LogP contribution is -1.92. The molecular weight excluding hydrogens is 226 g/mol. The molecule has 0 radical (unpaired) electrons. The molecule has 2 aromatic heterocycles. The van der Waals surface area contributed by atoms with Crippen LogP contribution in [0.4, 0.5) is 0 Å². The number of aromatic nitrogens is 3. The van der Waals surface area contributed by atoms with Gasteiger partial charge in [0, 0.05) is 35.9 Å². The average molecular weight is 239 g/mol. The fourth-order valence-electron chi connectivity index (χ4n) is 2.13. The zero-order chi connectivity index (χ0) is 12.5. The van der Waals surface area contributed by atoms with Gasteiger partial charge in [-0.1, -0.05) is 18.2 Å². The van der Waals surface area contributed by atoms with E-state index in [0.29, 0.717) is 6.01 Å². The molecule has 2 heterocycles. The molecule has 1 aromatic carbocycles. The first-order valence-corrected chi connectivity index (χ1v) is 5.71. The standard InChI is InChI=1S/C14H13N3O/c1-17-9-11(10-5-3-4-6-13(10)17)12-7-8-15-14(16-12)18-2/h3-9H,1-2H3. The van der Waals surface area contributed by atoms with Gasteiger partial charge in [0.1, 0.15) is 0 Å². The predicted molar refractivity (Wildman–Crippen MR) is 70.5 cm³/mol. The molecule has 0 saturated carbocycles. The molecule has 0 aliphatic rings. The molecule has 0 saturated heterocycles. The molecule has 0 spiro atoms. The Morgan fingerprint density at radius 2 is 2.00 bits per heavy atom. The van der Waals surface area contributed by atoms with Crippen molar-refractivity contribution >= 4 is 10.9 Å². The molecule has 0 atom stereocenters. The van der Waals surface area contributed by atoms with E-state index >= 15 is 0 Å². The van der Waals surface area contributed by atoms with Gasteiger partial charge in [0.15, 0.2) is 0 Å². The summed E-state index contributed by atoms with van der Waals surface area (Å²) in [6.07, 6.45) is 3.79. The van der Waals surface area contributed by atoms with Crippen LogP contribution in [0.3, 0.4) is 0 Å². The molecule has 0 fully saturated rings. The zero-order valence-corrected chi connectivity index (χ0v) is 10.3. The largest absolute Gasteiger partial charge is 0.467 e. The van der Waals surface area contributed by atoms with Crippen LogP contribution in [-0.2, 0) is 7.05 Å². The first-order valence-electron chi connectivity index (χ1n) is 5.71. The second-order valence-electron chi connectivity index (χ2n) is 4.10. The van der Waals surface area contributed by atoms with Crippen molar-refractivity contribution in [1.82, 2.24) is 14.5 Å². The Balaban J connectivity index is 2.25. The Kier molecular flexibility index (Phi) is 2.48. The Hall–Kier alpha value is -2.36. The van der Waals surface area contributed by atoms with Gasteiger partial charge in [-0.15, -0.1) is 0 Å². The minimum atomic E-state index is 0.389. The number of fused-ring (bicyclic) bond motifs is 1. The molecule has 0 aliphatic heterocycles. The lowest BCUT2D eigenvalue weighted by atomic mass is 10.1. The topological polar surface area (TPSA) is 39.9 Å². The van der Waals surface area contributed by atoms with Crippen LogP contribution < -0.4 is 4.74 Å². The number of methoxy groups -OCH3 is 1. The van der Waals surface area contributed by atoms with E-state index in [4.69, 9.17) is 4.74 Å². The van der Waals surface area contributed by atoms with Gasteiger partial charge in [-0.3, -0.25) is 0 Å². The van der Waals surface area contributed by atoms with Crippen LogP contribution in [0.25, 0.3) is 22.2 Å². The quantitative estimate of drug-likeness (QED) is 0.690. The normalized spacial score (nSPS) is 10.8. The highest BCUT2D eigenvalue weighted by Gasteiger charge is 2.10. The van der Waals surface area contributed by atoms with Crippen molar-refractivity contribution in [2.45, 2.75) is 0 Å². The van der Waals surface area contributed by atoms with Gasteiger partial charge >= 0.3 is 6.01 Å². The van der Waals surface area contributed by atoms with Crippen LogP contribution >= 0.6 is 0 Å². The van der Waals surface area contributed by atoms with E-state index in [0.717, 1.165) is 11.3 Å². The number of aryl methyl sites for hydroxylation is 1. The maximum Gasteiger partial charge on any atom is 0.316 e. The molecule has 0 N–H and O–H groups in total. The first kappa shape index (κ1) is 10.8. The maximum atomic E-state index is 5.07. The molecule has 0 aliphatic carbocycles. The minimum Gasteiger partial charge on any atom is -0.467 e. The molecule has 3 aromatic rings. The van der Waals surface area contributed by atoms with Gasteiger partial charge in [-0.2, -0.15) is 4.98 Å². The van der Waals surface area contributed by atoms with Gasteiger partial charge in [0.05, 0.1) is 12.8 Å². The van der Waals surface area contributed by atoms with Crippen LogP contribution in [0.15, 0.2) is 42.7 Å². The molecule has 4 nitrogen and oxygen atoms in total. The second-order valence-corrected chi connectivity index (χ2v) is 4.10. The van der Waals surface area contributed by atoms with E-state index in [-0.39, 0.29) is 0 Å². The lowest BCUT2D eigenvalue weighted by molar-refractivity contribution is 0.380. The van der Waals surface area contributed by atoms with E-state index in [9.17, 15) is 0 Å². The SMILES string of the molecule is COc1nccc(-c2cn(C)c3ccccc23)n1. The molecule has 4 heteroatoms. The van der Waals surface area contributed by atoms with Crippen molar-refractivity contribution in [2.24, 2.45) is 7.05 Å². The van der Waals surface area contributed by atoms with Crippen LogP contribution in [-0.4, -0.2) is 21.6 Å². The molecule has 0 unspecified atom stereocenters. The number of hydrogen-bond acceptors (Lipinski definition) is 3. The molecule has 3 rings (SSSR count). The molecule has 90 valence electrons. The van der Waals surface area contributed by atoms with Crippen LogP contribution in [0.2, 0.25) is 0 Å². The summed E-state index contributed by atoms with van der Waals surface area (Å²) < 4.78 is 7.16. The number of hydrogen-bond donors (Lipinski definition) is 0. The maximum absolute atomic E-state index is 5.07. The van der Waals surface area contributed by atoms with Gasteiger partial charge in [0.2, 0.25) is 0 Å². The molecular formula is C14H13N3O. The molecule has 0 amide bonds. The third kappa shape index (κ3) is 1.62. The highest BCUT2D eigenvalue weighted by atomic mass is 16.5. The van der Waals surface area contributed by atoms with Crippen molar-refractivity contribution in [2.75, 3.05) is 7.11 Å². The van der Waals surface area contributed by atoms with Crippen molar-refractivity contribution in [3.63, 3.8) is 0 Å². The Morgan fingerprint density at radius 1 is 1.17 bits per heavy atom. The summed E-state index contributed by atoms with van der Waals surface area (Å²) in [4.78, 5) is 8.41. The monoisotopic (exact) mass is 239 g/mol. The van der Waals surface area contributed by atoms with Crippen molar-refractivity contribution in [3.8, 4) is 17.3 Å². The number of benzene rings is 1. The van der Waals surface area contributed by atoms with E-state index < -0.39 is 0 Å². The Morgan fingerprint density at radius 3 is 2.83 bits per heavy atom. The molecule has 0 bridgehead atoms. The van der Waals surface area contributed by atoms with E-state index in [1.54, 1.807) is 13.3 Å². The van der Waals surface area contributed by atoms with Crippen molar-refractivity contribution in [3.05, 3.63) is 42.7 Å². The van der Waals surface area contributed by atoms with Gasteiger partial charge in [-0.05, 0) is 12.1 Å². The predicted octanol–water partition coefficient (Wildman–Crippen LogP) is 2.64. The van der Waals surface area contributed by atoms with Gasteiger partial charge < -0.3 is 9.30 Å². The Labute approximate surface area is 105 Å². The van der Waals surface area contributed by atoms with Crippen molar-refractivity contribution < 1.29 is 4.74 Å². The summed E-state index contributed by atoms with van der Waals surface area (Å²) in [5, 5.41) is 1.18. The Bertz CT molecular complexity index is 703. The highest BCUT2D eigenvalue weighted by molar-refractivity contribution is 5.95. The van der Waals surface area contributed by atoms with Gasteiger partial charge in [-0.25, -0.2) is 4.98 Å². The smallest absolute Gasteiger partial charge is 0.316 e. The van der Waals surface area contributed by atoms with E-state index in [1.807, 2.05) is 25.2 Å². The fraction of sp³-hybridized carbons (Fsp3) is 0.143. The van der Waals surface area contributed by atoms with E-state index in [2.05, 4.69) is 32.9 Å². The minimum absolute atomic E-state index is 0.389. The van der Waals surface area contributed by atoms with E-state index in [1.165, 1.54) is 10.9 Å². The lowest BCUT2D eigenvalue weighted by Gasteiger charge is -2.01. The summed E-state index contributed by atoms with van der Waals surface area (Å²) >= 11 is 0. The van der Waals surface area contributed by atoms with Crippen LogP contribution in [0.5, 0.6) is 6.01 Å². The van der Waals surface area contributed by atoms with Crippen LogP contribution in [0, 0.1) is 0 Å². The van der Waals surface area contributed by atoms with Gasteiger partial charge in [0.25, 0.3) is 0 Å². The number of para-hydroxylation sites is 1. The number of nitrogens with zero attached hydrogens (tertiary/aromatic N) is 3. The summed E-state index contributed by atoms with van der Waals surface area (Å²) in [7, 11) is 3.60. The summed E-state index contributed by atoms with van der Waals surface area (Å²) in [5.74, 6) is 0. The summed E-state index contributed by atoms with van der Waals surface area (Å²) in [6.45, 7) is 0. The second kappa shape index (κ2) is 4.14.